The van der Waals surface area contributed by atoms with Gasteiger partial charge in [0.25, 0.3) is 0 Å². The lowest BCUT2D eigenvalue weighted by atomic mass is 9.65. The minimum Gasteiger partial charge on any atom is -0.455 e. The zero-order valence-electron chi connectivity index (χ0n) is 34.6. The lowest BCUT2D eigenvalue weighted by molar-refractivity contribution is 0.447. The predicted molar refractivity (Wildman–Crippen MR) is 257 cm³/mol. The molecule has 292 valence electrons. The minimum atomic E-state index is -0.631. The molecular weight excluding hydrogens is 751 g/mol. The Labute approximate surface area is 362 Å². The van der Waals surface area contributed by atoms with Crippen molar-refractivity contribution in [1.29, 1.82) is 0 Å². The van der Waals surface area contributed by atoms with Gasteiger partial charge in [0.15, 0.2) is 0 Å². The van der Waals surface area contributed by atoms with E-state index < -0.39 is 5.41 Å². The average Bonchev–Trinajstić information content (AvgIpc) is 3.75. The van der Waals surface area contributed by atoms with Crippen molar-refractivity contribution in [3.8, 4) is 44.9 Å². The van der Waals surface area contributed by atoms with Crippen LogP contribution in [-0.2, 0) is 10.8 Å². The van der Waals surface area contributed by atoms with Crippen LogP contribution in [0, 0.1) is 0 Å². The van der Waals surface area contributed by atoms with Crippen LogP contribution in [0.1, 0.15) is 47.2 Å². The number of ether oxygens (including phenoxy) is 1. The SMILES string of the molecule is CC1(C)c2ccccc2-c2ccc(N(c3ccccc3)c3ccccc3-c3cccc4c3-c3ccccc3C43c4ccc5ccccc5c4Oc4c3ccc3ccccc43)cc21. The van der Waals surface area contributed by atoms with Gasteiger partial charge in [0.2, 0.25) is 0 Å². The highest BCUT2D eigenvalue weighted by Gasteiger charge is 2.52. The zero-order chi connectivity index (χ0) is 41.2. The van der Waals surface area contributed by atoms with Gasteiger partial charge in [-0.05, 0) is 91.2 Å². The molecule has 2 aliphatic carbocycles. The number of fused-ring (bicyclic) bond motifs is 16. The Morgan fingerprint density at radius 3 is 1.63 bits per heavy atom. The average molecular weight is 792 g/mol. The van der Waals surface area contributed by atoms with Crippen LogP contribution in [0.4, 0.5) is 17.1 Å². The van der Waals surface area contributed by atoms with E-state index in [2.05, 4.69) is 231 Å². The van der Waals surface area contributed by atoms with Gasteiger partial charge >= 0.3 is 0 Å². The molecule has 62 heavy (non-hydrogen) atoms. The maximum absolute atomic E-state index is 7.24. The van der Waals surface area contributed by atoms with Gasteiger partial charge in [0.1, 0.15) is 11.5 Å². The summed E-state index contributed by atoms with van der Waals surface area (Å²) >= 11 is 0. The molecular formula is C60H41NO. The Balaban J connectivity index is 1.09. The highest BCUT2D eigenvalue weighted by molar-refractivity contribution is 6.04. The summed E-state index contributed by atoms with van der Waals surface area (Å²) in [7, 11) is 0. The van der Waals surface area contributed by atoms with Crippen LogP contribution in [0.3, 0.4) is 0 Å². The fourth-order valence-corrected chi connectivity index (χ4v) is 11.4. The molecule has 0 amide bonds. The number of hydrogen-bond donors (Lipinski definition) is 0. The van der Waals surface area contributed by atoms with Gasteiger partial charge in [-0.15, -0.1) is 0 Å². The molecule has 0 bridgehead atoms. The molecule has 0 unspecified atom stereocenters. The molecule has 0 N–H and O–H groups in total. The van der Waals surface area contributed by atoms with Crippen LogP contribution in [-0.4, -0.2) is 0 Å². The lowest BCUT2D eigenvalue weighted by Crippen LogP contribution is -2.32. The number of benzene rings is 10. The highest BCUT2D eigenvalue weighted by atomic mass is 16.5. The van der Waals surface area contributed by atoms with E-state index in [0.717, 1.165) is 39.3 Å². The standard InChI is InChI=1S/C60H41NO/c1-59(2)49-27-13-10-23-44(49)45-34-33-41(37-54(45)59)61(40-19-4-3-5-20-40)55-30-15-12-24-46(55)47-26-16-29-51-56(47)48-25-11-14-28-50(48)60(51)52-35-31-38-17-6-8-21-42(38)57(52)62-58-43-22-9-7-18-39(43)32-36-53(58)60/h3-37H,1-2H3. The van der Waals surface area contributed by atoms with Crippen LogP contribution in [0.5, 0.6) is 11.5 Å². The second-order valence-electron chi connectivity index (χ2n) is 17.5. The van der Waals surface area contributed by atoms with E-state index in [9.17, 15) is 0 Å². The predicted octanol–water partition coefficient (Wildman–Crippen LogP) is 15.9. The summed E-state index contributed by atoms with van der Waals surface area (Å²) in [6.45, 7) is 4.72. The highest BCUT2D eigenvalue weighted by Crippen LogP contribution is 2.65. The van der Waals surface area contributed by atoms with E-state index in [0.29, 0.717) is 0 Å². The lowest BCUT2D eigenvalue weighted by Gasteiger charge is -2.40. The normalized spacial score (nSPS) is 14.4. The smallest absolute Gasteiger partial charge is 0.140 e. The molecule has 1 heterocycles. The summed E-state index contributed by atoms with van der Waals surface area (Å²) in [4.78, 5) is 2.46. The van der Waals surface area contributed by atoms with E-state index in [4.69, 9.17) is 4.74 Å². The molecule has 0 aromatic heterocycles. The Morgan fingerprint density at radius 2 is 0.903 bits per heavy atom. The van der Waals surface area contributed by atoms with Crippen molar-refractivity contribution in [2.45, 2.75) is 24.7 Å². The molecule has 10 aromatic rings. The van der Waals surface area contributed by atoms with Crippen LogP contribution >= 0.6 is 0 Å². The van der Waals surface area contributed by atoms with E-state index >= 15 is 0 Å². The van der Waals surface area contributed by atoms with Crippen LogP contribution in [0.25, 0.3) is 54.9 Å². The van der Waals surface area contributed by atoms with E-state index in [1.807, 2.05) is 0 Å². The van der Waals surface area contributed by atoms with E-state index in [1.54, 1.807) is 0 Å². The molecule has 1 spiro atoms. The van der Waals surface area contributed by atoms with Gasteiger partial charge in [-0.2, -0.15) is 0 Å². The minimum absolute atomic E-state index is 0.130. The summed E-state index contributed by atoms with van der Waals surface area (Å²) in [6, 6.07) is 78.4. The fourth-order valence-electron chi connectivity index (χ4n) is 11.4. The van der Waals surface area contributed by atoms with E-state index in [1.165, 1.54) is 77.5 Å². The van der Waals surface area contributed by atoms with Gasteiger partial charge in [0, 0.05) is 44.3 Å². The number of para-hydroxylation sites is 2. The second kappa shape index (κ2) is 12.9. The number of nitrogens with zero attached hydrogens (tertiary/aromatic N) is 1. The van der Waals surface area contributed by atoms with Gasteiger partial charge < -0.3 is 9.64 Å². The molecule has 0 radical (unpaired) electrons. The van der Waals surface area contributed by atoms with Crippen molar-refractivity contribution >= 4 is 38.6 Å². The van der Waals surface area contributed by atoms with Crippen molar-refractivity contribution < 1.29 is 4.74 Å². The van der Waals surface area contributed by atoms with E-state index in [-0.39, 0.29) is 5.41 Å². The summed E-state index contributed by atoms with van der Waals surface area (Å²) < 4.78 is 7.24. The molecule has 2 heteroatoms. The maximum Gasteiger partial charge on any atom is 0.140 e. The number of hydrogen-bond acceptors (Lipinski definition) is 2. The third kappa shape index (κ3) is 4.64. The third-order valence-corrected chi connectivity index (χ3v) is 14.1. The summed E-state index contributed by atoms with van der Waals surface area (Å²) in [5.41, 5.74) is 17.8. The van der Waals surface area contributed by atoms with Gasteiger partial charge in [-0.25, -0.2) is 0 Å². The first-order valence-corrected chi connectivity index (χ1v) is 21.7. The quantitative estimate of drug-likeness (QED) is 0.176. The van der Waals surface area contributed by atoms with Crippen molar-refractivity contribution in [3.63, 3.8) is 0 Å². The maximum atomic E-state index is 7.24. The first-order chi connectivity index (χ1) is 30.5. The van der Waals surface area contributed by atoms with Crippen molar-refractivity contribution in [2.75, 3.05) is 4.90 Å². The molecule has 1 aliphatic heterocycles. The molecule has 0 saturated heterocycles. The third-order valence-electron chi connectivity index (χ3n) is 14.1. The summed E-state index contributed by atoms with van der Waals surface area (Å²) in [6.07, 6.45) is 0. The zero-order valence-corrected chi connectivity index (χ0v) is 34.6. The largest absolute Gasteiger partial charge is 0.455 e. The monoisotopic (exact) mass is 791 g/mol. The first-order valence-electron chi connectivity index (χ1n) is 21.7. The summed E-state index contributed by atoms with van der Waals surface area (Å²) in [5.74, 6) is 1.86. The molecule has 0 fully saturated rings. The Morgan fingerprint density at radius 1 is 0.355 bits per heavy atom. The Hall–Kier alpha value is -7.68. The first kappa shape index (κ1) is 35.1. The van der Waals surface area contributed by atoms with Crippen molar-refractivity contribution in [1.82, 2.24) is 0 Å². The van der Waals surface area contributed by atoms with Crippen molar-refractivity contribution in [3.05, 3.63) is 246 Å². The fraction of sp³-hybridized carbons (Fsp3) is 0.0667. The van der Waals surface area contributed by atoms with Gasteiger partial charge in [-0.1, -0.05) is 196 Å². The summed E-state index contributed by atoms with van der Waals surface area (Å²) in [5, 5.41) is 4.57. The van der Waals surface area contributed by atoms with Crippen LogP contribution < -0.4 is 9.64 Å². The molecule has 0 atom stereocenters. The van der Waals surface area contributed by atoms with Gasteiger partial charge in [0.05, 0.1) is 11.1 Å². The van der Waals surface area contributed by atoms with Crippen molar-refractivity contribution in [2.24, 2.45) is 0 Å². The Kier molecular flexibility index (Phi) is 7.31. The van der Waals surface area contributed by atoms with Gasteiger partial charge in [-0.3, -0.25) is 0 Å². The molecule has 13 rings (SSSR count). The molecule has 0 saturated carbocycles. The molecule has 2 nitrogen and oxygen atoms in total. The van der Waals surface area contributed by atoms with Crippen LogP contribution in [0.15, 0.2) is 212 Å². The Bertz CT molecular complexity index is 3400. The van der Waals surface area contributed by atoms with Crippen LogP contribution in [0.2, 0.25) is 0 Å². The molecule has 3 aliphatic rings. The number of rotatable bonds is 4. The molecule has 10 aromatic carbocycles. The topological polar surface area (TPSA) is 12.5 Å². The number of anilines is 3. The second-order valence-corrected chi connectivity index (χ2v) is 17.5.